The van der Waals surface area contributed by atoms with Crippen molar-refractivity contribution in [2.75, 3.05) is 12.8 Å². The number of hydrogen-bond acceptors (Lipinski definition) is 4. The number of ether oxygens (including phenoxy) is 1. The molecule has 0 aliphatic rings. The first-order valence-electron chi connectivity index (χ1n) is 4.68. The smallest absolute Gasteiger partial charge is 0.131 e. The highest BCUT2D eigenvalue weighted by Gasteiger charge is 2.08. The van der Waals surface area contributed by atoms with Crippen LogP contribution in [0.15, 0.2) is 24.4 Å². The van der Waals surface area contributed by atoms with Gasteiger partial charge in [-0.05, 0) is 6.07 Å². The molecule has 0 unspecified atom stereocenters. The Morgan fingerprint density at radius 1 is 1.18 bits per heavy atom. The summed E-state index contributed by atoms with van der Waals surface area (Å²) in [7, 11) is 1.63. The molecule has 0 amide bonds. The minimum Gasteiger partial charge on any atom is -0.496 e. The normalized spacial score (nSPS) is 9.29. The molecule has 2 rings (SSSR count). The summed E-state index contributed by atoms with van der Waals surface area (Å²) in [6.45, 7) is 0.446. The van der Waals surface area contributed by atoms with Crippen molar-refractivity contribution in [3.8, 4) is 5.75 Å². The number of fused-ring (bicyclic) bond motifs is 1. The summed E-state index contributed by atoms with van der Waals surface area (Å²) >= 11 is 0. The number of nitrogens with two attached hydrogens (primary N) is 2. The lowest BCUT2D eigenvalue weighted by Crippen LogP contribution is -2.01. The van der Waals surface area contributed by atoms with E-state index in [-0.39, 0.29) is 24.8 Å². The summed E-state index contributed by atoms with van der Waals surface area (Å²) in [5.41, 5.74) is 12.4. The first kappa shape index (κ1) is 15.8. The first-order chi connectivity index (χ1) is 7.27. The van der Waals surface area contributed by atoms with Gasteiger partial charge in [0.2, 0.25) is 0 Å². The summed E-state index contributed by atoms with van der Waals surface area (Å²) in [5, 5.41) is 1.85. The van der Waals surface area contributed by atoms with E-state index >= 15 is 0 Å². The Morgan fingerprint density at radius 3 is 2.47 bits per heavy atom. The van der Waals surface area contributed by atoms with Crippen molar-refractivity contribution in [1.82, 2.24) is 4.98 Å². The second-order valence-corrected chi connectivity index (χ2v) is 3.25. The molecule has 4 N–H and O–H groups in total. The van der Waals surface area contributed by atoms with Crippen LogP contribution < -0.4 is 16.2 Å². The SMILES string of the molecule is COc1c(CN)ccc2c(N)nccc12.Cl.Cl. The van der Waals surface area contributed by atoms with Crippen LogP contribution in [0.25, 0.3) is 10.8 Å². The topological polar surface area (TPSA) is 74.2 Å². The number of rotatable bonds is 2. The molecular weight excluding hydrogens is 261 g/mol. The van der Waals surface area contributed by atoms with Crippen molar-refractivity contribution in [1.29, 1.82) is 0 Å². The standard InChI is InChI=1S/C11H13N3O.2ClH/c1-15-10-7(6-12)2-3-9-8(10)4-5-14-11(9)13;;/h2-5H,6,12H2,1H3,(H2,13,14);2*1H. The minimum atomic E-state index is 0. The zero-order valence-corrected chi connectivity index (χ0v) is 11.0. The zero-order valence-electron chi connectivity index (χ0n) is 9.34. The summed E-state index contributed by atoms with van der Waals surface area (Å²) in [4.78, 5) is 4.03. The van der Waals surface area contributed by atoms with Gasteiger partial charge in [-0.3, -0.25) is 0 Å². The molecule has 1 heterocycles. The van der Waals surface area contributed by atoms with E-state index in [1.54, 1.807) is 13.3 Å². The molecule has 0 saturated carbocycles. The van der Waals surface area contributed by atoms with Crippen LogP contribution in [0.1, 0.15) is 5.56 Å². The largest absolute Gasteiger partial charge is 0.496 e. The number of nitrogen functional groups attached to an aromatic ring is 1. The highest BCUT2D eigenvalue weighted by molar-refractivity contribution is 5.95. The fourth-order valence-electron chi connectivity index (χ4n) is 1.70. The summed E-state index contributed by atoms with van der Waals surface area (Å²) < 4.78 is 5.34. The van der Waals surface area contributed by atoms with Crippen molar-refractivity contribution >= 4 is 41.4 Å². The van der Waals surface area contributed by atoms with Gasteiger partial charge in [-0.15, -0.1) is 24.8 Å². The molecule has 1 aromatic carbocycles. The molecule has 0 radical (unpaired) electrons. The molecular formula is C11H15Cl2N3O. The van der Waals surface area contributed by atoms with Crippen molar-refractivity contribution in [2.45, 2.75) is 6.54 Å². The highest BCUT2D eigenvalue weighted by Crippen LogP contribution is 2.31. The predicted molar refractivity (Wildman–Crippen MR) is 75.1 cm³/mol. The molecule has 0 atom stereocenters. The van der Waals surface area contributed by atoms with Gasteiger partial charge in [-0.1, -0.05) is 12.1 Å². The maximum absolute atomic E-state index is 5.77. The van der Waals surface area contributed by atoms with Gasteiger partial charge in [0.1, 0.15) is 11.6 Å². The molecule has 0 spiro atoms. The van der Waals surface area contributed by atoms with Crippen molar-refractivity contribution < 1.29 is 4.74 Å². The molecule has 1 aromatic heterocycles. The van der Waals surface area contributed by atoms with Crippen LogP contribution in [-0.4, -0.2) is 12.1 Å². The van der Waals surface area contributed by atoms with Crippen LogP contribution in [0, 0.1) is 0 Å². The lowest BCUT2D eigenvalue weighted by atomic mass is 10.1. The first-order valence-corrected chi connectivity index (χ1v) is 4.68. The molecule has 0 saturated heterocycles. The van der Waals surface area contributed by atoms with Crippen molar-refractivity contribution in [3.05, 3.63) is 30.0 Å². The van der Waals surface area contributed by atoms with Crippen LogP contribution in [0.3, 0.4) is 0 Å². The van der Waals surface area contributed by atoms with Crippen molar-refractivity contribution in [3.63, 3.8) is 0 Å². The predicted octanol–water partition coefficient (Wildman–Crippen LogP) is 2.13. The van der Waals surface area contributed by atoms with Gasteiger partial charge in [0.15, 0.2) is 0 Å². The number of hydrogen-bond donors (Lipinski definition) is 2. The van der Waals surface area contributed by atoms with E-state index in [1.807, 2.05) is 18.2 Å². The van der Waals surface area contributed by atoms with Crippen LogP contribution in [0.2, 0.25) is 0 Å². The van der Waals surface area contributed by atoms with Gasteiger partial charge in [-0.25, -0.2) is 4.98 Å². The van der Waals surface area contributed by atoms with Gasteiger partial charge in [-0.2, -0.15) is 0 Å². The van der Waals surface area contributed by atoms with E-state index in [0.29, 0.717) is 12.4 Å². The monoisotopic (exact) mass is 275 g/mol. The number of halogens is 2. The number of pyridine rings is 1. The molecule has 4 nitrogen and oxygen atoms in total. The fraction of sp³-hybridized carbons (Fsp3) is 0.182. The van der Waals surface area contributed by atoms with Crippen molar-refractivity contribution in [2.24, 2.45) is 5.73 Å². The molecule has 0 fully saturated rings. The van der Waals surface area contributed by atoms with Gasteiger partial charge >= 0.3 is 0 Å². The van der Waals surface area contributed by atoms with Gasteiger partial charge in [0, 0.05) is 29.1 Å². The number of nitrogens with zero attached hydrogens (tertiary/aromatic N) is 1. The fourth-order valence-corrected chi connectivity index (χ4v) is 1.70. The van der Waals surface area contributed by atoms with Crippen LogP contribution in [0.5, 0.6) is 5.75 Å². The molecule has 2 aromatic rings. The molecule has 0 bridgehead atoms. The van der Waals surface area contributed by atoms with Gasteiger partial charge in [0.25, 0.3) is 0 Å². The third-order valence-electron chi connectivity index (χ3n) is 2.43. The quantitative estimate of drug-likeness (QED) is 0.881. The Morgan fingerprint density at radius 2 is 1.88 bits per heavy atom. The summed E-state index contributed by atoms with van der Waals surface area (Å²) in [5.74, 6) is 1.29. The second kappa shape index (κ2) is 6.49. The Bertz CT molecular complexity index is 505. The number of methoxy groups -OCH3 is 1. The molecule has 0 aliphatic heterocycles. The third-order valence-corrected chi connectivity index (χ3v) is 2.43. The summed E-state index contributed by atoms with van der Waals surface area (Å²) in [6.07, 6.45) is 1.67. The molecule has 94 valence electrons. The van der Waals surface area contributed by atoms with E-state index in [0.717, 1.165) is 22.1 Å². The maximum Gasteiger partial charge on any atom is 0.131 e. The average molecular weight is 276 g/mol. The summed E-state index contributed by atoms with van der Waals surface area (Å²) in [6, 6.07) is 5.71. The van der Waals surface area contributed by atoms with Crippen LogP contribution in [0.4, 0.5) is 5.82 Å². The second-order valence-electron chi connectivity index (χ2n) is 3.25. The van der Waals surface area contributed by atoms with Gasteiger partial charge < -0.3 is 16.2 Å². The maximum atomic E-state index is 5.77. The Balaban J connectivity index is 0.00000128. The zero-order chi connectivity index (χ0) is 10.8. The van der Waals surface area contributed by atoms with Crippen LogP contribution in [-0.2, 0) is 6.54 Å². The van der Waals surface area contributed by atoms with E-state index < -0.39 is 0 Å². The number of benzene rings is 1. The Labute approximate surface area is 112 Å². The Hall–Kier alpha value is -1.23. The molecule has 6 heteroatoms. The van der Waals surface area contributed by atoms with E-state index in [1.165, 1.54) is 0 Å². The average Bonchev–Trinajstić information content (AvgIpc) is 2.28. The highest BCUT2D eigenvalue weighted by atomic mass is 35.5. The van der Waals surface area contributed by atoms with E-state index in [4.69, 9.17) is 16.2 Å². The van der Waals surface area contributed by atoms with Crippen LogP contribution >= 0.6 is 24.8 Å². The number of aromatic nitrogens is 1. The Kier molecular flexibility index (Phi) is 6.02. The molecule has 17 heavy (non-hydrogen) atoms. The molecule has 0 aliphatic carbocycles. The third kappa shape index (κ3) is 2.72. The van der Waals surface area contributed by atoms with E-state index in [2.05, 4.69) is 4.98 Å². The minimum absolute atomic E-state index is 0. The lowest BCUT2D eigenvalue weighted by molar-refractivity contribution is 0.415. The van der Waals surface area contributed by atoms with Gasteiger partial charge in [0.05, 0.1) is 7.11 Å². The number of anilines is 1. The lowest BCUT2D eigenvalue weighted by Gasteiger charge is -2.10. The van der Waals surface area contributed by atoms with E-state index in [9.17, 15) is 0 Å².